The van der Waals surface area contributed by atoms with E-state index in [-0.39, 0.29) is 0 Å². The van der Waals surface area contributed by atoms with Crippen molar-refractivity contribution in [2.24, 2.45) is 0 Å². The van der Waals surface area contributed by atoms with Gasteiger partial charge in [-0.05, 0) is 29.1 Å². The summed E-state index contributed by atoms with van der Waals surface area (Å²) in [6.07, 6.45) is 1.71. The number of benzene rings is 2. The molecule has 2 nitrogen and oxygen atoms in total. The third-order valence-corrected chi connectivity index (χ3v) is 4.20. The van der Waals surface area contributed by atoms with Gasteiger partial charge in [-0.1, -0.05) is 47.5 Å². The Morgan fingerprint density at radius 1 is 0.952 bits per heavy atom. The largest absolute Gasteiger partial charge is 0.437 e. The summed E-state index contributed by atoms with van der Waals surface area (Å²) >= 11 is 18.1. The molecule has 0 saturated heterocycles. The first-order valence-electron chi connectivity index (χ1n) is 6.25. The van der Waals surface area contributed by atoms with E-state index >= 15 is 0 Å². The Kier molecular flexibility index (Phi) is 4.20. The van der Waals surface area contributed by atoms with E-state index in [1.165, 1.54) is 0 Å². The predicted octanol–water partition coefficient (Wildman–Crippen LogP) is 6.07. The van der Waals surface area contributed by atoms with Crippen molar-refractivity contribution in [3.8, 4) is 11.6 Å². The number of aromatic nitrogens is 1. The average Bonchev–Trinajstić information content (AvgIpc) is 2.52. The number of alkyl halides is 1. The average molecular weight is 339 g/mol. The molecule has 106 valence electrons. The third-order valence-electron chi connectivity index (χ3n) is 3.11. The van der Waals surface area contributed by atoms with Gasteiger partial charge >= 0.3 is 0 Å². The summed E-state index contributed by atoms with van der Waals surface area (Å²) in [5.41, 5.74) is 0.955. The fraction of sp³-hybridized carbons (Fsp3) is 0.0625. The molecule has 1 heterocycles. The molecule has 5 heteroatoms. The van der Waals surface area contributed by atoms with E-state index in [4.69, 9.17) is 39.5 Å². The third kappa shape index (κ3) is 2.80. The van der Waals surface area contributed by atoms with E-state index in [2.05, 4.69) is 4.98 Å². The smallest absolute Gasteiger partial charge is 0.227 e. The first-order chi connectivity index (χ1) is 10.2. The van der Waals surface area contributed by atoms with Crippen molar-refractivity contribution in [2.75, 3.05) is 0 Å². The van der Waals surface area contributed by atoms with Gasteiger partial charge in [-0.3, -0.25) is 0 Å². The van der Waals surface area contributed by atoms with Crippen LogP contribution >= 0.6 is 34.8 Å². The van der Waals surface area contributed by atoms with Crippen LogP contribution in [0.3, 0.4) is 0 Å². The Morgan fingerprint density at radius 2 is 1.71 bits per heavy atom. The zero-order valence-electron chi connectivity index (χ0n) is 10.8. The summed E-state index contributed by atoms with van der Waals surface area (Å²) in [5, 5.41) is 2.70. The number of fused-ring (bicyclic) bond motifs is 1. The first kappa shape index (κ1) is 14.5. The quantitative estimate of drug-likeness (QED) is 0.540. The van der Waals surface area contributed by atoms with Gasteiger partial charge in [0.15, 0.2) is 0 Å². The van der Waals surface area contributed by atoms with Crippen LogP contribution in [0.5, 0.6) is 11.6 Å². The summed E-state index contributed by atoms with van der Waals surface area (Å²) in [6.45, 7) is 0. The van der Waals surface area contributed by atoms with E-state index in [0.717, 1.165) is 16.3 Å². The van der Waals surface area contributed by atoms with Crippen molar-refractivity contribution < 1.29 is 4.74 Å². The monoisotopic (exact) mass is 337 g/mol. The minimum absolute atomic E-state index is 0.367. The second-order valence-electron chi connectivity index (χ2n) is 4.42. The molecule has 0 spiro atoms. The van der Waals surface area contributed by atoms with Crippen LogP contribution in [0, 0.1) is 0 Å². The summed E-state index contributed by atoms with van der Waals surface area (Å²) in [7, 11) is 0. The van der Waals surface area contributed by atoms with Crippen molar-refractivity contribution >= 4 is 45.6 Å². The summed E-state index contributed by atoms with van der Waals surface area (Å²) < 4.78 is 5.83. The van der Waals surface area contributed by atoms with E-state index in [1.54, 1.807) is 24.4 Å². The lowest BCUT2D eigenvalue weighted by Crippen LogP contribution is -1.93. The molecule has 0 N–H and O–H groups in total. The van der Waals surface area contributed by atoms with E-state index in [0.29, 0.717) is 27.6 Å². The zero-order valence-corrected chi connectivity index (χ0v) is 13.1. The van der Waals surface area contributed by atoms with Gasteiger partial charge in [-0.15, -0.1) is 11.6 Å². The van der Waals surface area contributed by atoms with E-state index in [1.807, 2.05) is 24.3 Å². The fourth-order valence-corrected chi connectivity index (χ4v) is 2.62. The predicted molar refractivity (Wildman–Crippen MR) is 87.8 cm³/mol. The highest BCUT2D eigenvalue weighted by Crippen LogP contribution is 2.36. The minimum Gasteiger partial charge on any atom is -0.437 e. The highest BCUT2D eigenvalue weighted by Gasteiger charge is 2.11. The Labute approximate surface area is 137 Å². The first-order valence-corrected chi connectivity index (χ1v) is 7.54. The lowest BCUT2D eigenvalue weighted by molar-refractivity contribution is 0.469. The molecule has 0 atom stereocenters. The Bertz CT molecular complexity index is 805. The molecular formula is C16H10Cl3NO. The molecule has 2 aromatic carbocycles. The molecule has 0 saturated carbocycles. The number of hydrogen-bond acceptors (Lipinski definition) is 2. The maximum Gasteiger partial charge on any atom is 0.227 e. The molecule has 0 aliphatic rings. The molecular weight excluding hydrogens is 329 g/mol. The number of hydrogen-bond donors (Lipinski definition) is 0. The van der Waals surface area contributed by atoms with Gasteiger partial charge in [0.2, 0.25) is 5.88 Å². The van der Waals surface area contributed by atoms with E-state index < -0.39 is 0 Å². The number of pyridine rings is 1. The number of rotatable bonds is 3. The number of ether oxygens (including phenoxy) is 1. The molecule has 21 heavy (non-hydrogen) atoms. The molecule has 0 bridgehead atoms. The van der Waals surface area contributed by atoms with Crippen LogP contribution in [0.15, 0.2) is 48.7 Å². The van der Waals surface area contributed by atoms with Crippen LogP contribution in [0.1, 0.15) is 5.56 Å². The molecule has 0 fully saturated rings. The SMILES string of the molecule is ClCc1cnc(Oc2cccc(Cl)c2Cl)c2ccccc12. The topological polar surface area (TPSA) is 22.1 Å². The highest BCUT2D eigenvalue weighted by molar-refractivity contribution is 6.42. The van der Waals surface area contributed by atoms with Crippen LogP contribution in [-0.4, -0.2) is 4.98 Å². The van der Waals surface area contributed by atoms with Gasteiger partial charge in [0.05, 0.1) is 5.02 Å². The van der Waals surface area contributed by atoms with Crippen LogP contribution in [0.4, 0.5) is 0 Å². The fourth-order valence-electron chi connectivity index (χ4n) is 2.08. The van der Waals surface area contributed by atoms with Crippen molar-refractivity contribution in [3.63, 3.8) is 0 Å². The van der Waals surface area contributed by atoms with Gasteiger partial charge in [-0.2, -0.15) is 0 Å². The molecule has 0 unspecified atom stereocenters. The van der Waals surface area contributed by atoms with Gasteiger partial charge in [0, 0.05) is 17.5 Å². The number of halogens is 3. The Hall–Kier alpha value is -1.48. The summed E-state index contributed by atoms with van der Waals surface area (Å²) in [4.78, 5) is 4.34. The van der Waals surface area contributed by atoms with Crippen molar-refractivity contribution in [1.82, 2.24) is 4.98 Å². The zero-order chi connectivity index (χ0) is 14.8. The highest BCUT2D eigenvalue weighted by atomic mass is 35.5. The van der Waals surface area contributed by atoms with Gasteiger partial charge in [0.1, 0.15) is 10.8 Å². The van der Waals surface area contributed by atoms with Crippen molar-refractivity contribution in [3.05, 3.63) is 64.3 Å². The van der Waals surface area contributed by atoms with E-state index in [9.17, 15) is 0 Å². The second-order valence-corrected chi connectivity index (χ2v) is 5.47. The van der Waals surface area contributed by atoms with Crippen LogP contribution in [0.25, 0.3) is 10.8 Å². The molecule has 3 rings (SSSR count). The van der Waals surface area contributed by atoms with Crippen molar-refractivity contribution in [2.45, 2.75) is 5.88 Å². The van der Waals surface area contributed by atoms with Crippen molar-refractivity contribution in [1.29, 1.82) is 0 Å². The second kappa shape index (κ2) is 6.10. The molecule has 0 radical (unpaired) electrons. The maximum atomic E-state index is 6.15. The Morgan fingerprint density at radius 3 is 2.48 bits per heavy atom. The minimum atomic E-state index is 0.367. The standard InChI is InChI=1S/C16H10Cl3NO/c17-8-10-9-20-16(12-5-2-1-4-11(10)12)21-14-7-3-6-13(18)15(14)19/h1-7,9H,8H2. The summed E-state index contributed by atoms with van der Waals surface area (Å²) in [5.74, 6) is 1.34. The lowest BCUT2D eigenvalue weighted by atomic mass is 10.1. The molecule has 1 aromatic heterocycles. The Balaban J connectivity index is 2.11. The van der Waals surface area contributed by atoms with Gasteiger partial charge in [-0.25, -0.2) is 4.98 Å². The maximum absolute atomic E-state index is 6.15. The van der Waals surface area contributed by atoms with Crippen LogP contribution in [0.2, 0.25) is 10.0 Å². The van der Waals surface area contributed by atoms with Gasteiger partial charge < -0.3 is 4.74 Å². The molecule has 0 amide bonds. The normalized spacial score (nSPS) is 10.8. The molecule has 0 aliphatic heterocycles. The molecule has 0 aliphatic carbocycles. The van der Waals surface area contributed by atoms with Crippen LogP contribution < -0.4 is 4.74 Å². The lowest BCUT2D eigenvalue weighted by Gasteiger charge is -2.11. The van der Waals surface area contributed by atoms with Gasteiger partial charge in [0.25, 0.3) is 0 Å². The summed E-state index contributed by atoms with van der Waals surface area (Å²) in [6, 6.07) is 13.0. The number of nitrogens with zero attached hydrogens (tertiary/aromatic N) is 1. The van der Waals surface area contributed by atoms with Crippen LogP contribution in [-0.2, 0) is 5.88 Å². The molecule has 3 aromatic rings.